The quantitative estimate of drug-likeness (QED) is 0.848. The summed E-state index contributed by atoms with van der Waals surface area (Å²) in [5, 5.41) is 5.18. The largest absolute Gasteiger partial charge is 0.378 e. The first-order valence-electron chi connectivity index (χ1n) is 5.33. The van der Waals surface area contributed by atoms with Crippen molar-refractivity contribution in [2.24, 2.45) is 0 Å². The van der Waals surface area contributed by atoms with Crippen LogP contribution in [0.5, 0.6) is 0 Å². The van der Waals surface area contributed by atoms with E-state index in [1.165, 1.54) is 22.6 Å². The third kappa shape index (κ3) is 2.64. The first kappa shape index (κ1) is 12.0. The van der Waals surface area contributed by atoms with Gasteiger partial charge in [-0.1, -0.05) is 0 Å². The number of anilines is 1. The predicted molar refractivity (Wildman–Crippen MR) is 67.5 cm³/mol. The van der Waals surface area contributed by atoms with Crippen LogP contribution in [0.3, 0.4) is 0 Å². The Morgan fingerprint density at radius 1 is 1.18 bits per heavy atom. The van der Waals surface area contributed by atoms with E-state index in [0.717, 1.165) is 6.07 Å². The highest BCUT2D eigenvalue weighted by Crippen LogP contribution is 2.27. The van der Waals surface area contributed by atoms with Gasteiger partial charge < -0.3 is 5.32 Å². The first-order chi connectivity index (χ1) is 8.08. The number of halogens is 2. The molecule has 0 bridgehead atoms. The van der Waals surface area contributed by atoms with Crippen LogP contribution in [-0.4, -0.2) is 0 Å². The molecule has 90 valence electrons. The number of aryl methyl sites for hydroxylation is 1. The molecule has 1 unspecified atom stereocenters. The molecule has 1 aromatic carbocycles. The van der Waals surface area contributed by atoms with Crippen LogP contribution in [0.1, 0.15) is 23.4 Å². The van der Waals surface area contributed by atoms with Crippen molar-refractivity contribution in [1.82, 2.24) is 0 Å². The summed E-state index contributed by atoms with van der Waals surface area (Å²) < 4.78 is 25.8. The van der Waals surface area contributed by atoms with E-state index >= 15 is 0 Å². The lowest BCUT2D eigenvalue weighted by molar-refractivity contribution is 0.509. The molecule has 1 heterocycles. The fourth-order valence-electron chi connectivity index (χ4n) is 1.73. The standard InChI is InChI=1S/C13H13F2NS/c1-8-5-6-17-13(8)9(2)16-10-3-4-11(14)12(15)7-10/h3-7,9,16H,1-2H3. The molecule has 1 nitrogen and oxygen atoms in total. The SMILES string of the molecule is Cc1ccsc1C(C)Nc1ccc(F)c(F)c1. The molecule has 0 radical (unpaired) electrons. The van der Waals surface area contributed by atoms with Gasteiger partial charge in [0.2, 0.25) is 0 Å². The van der Waals surface area contributed by atoms with Crippen LogP contribution in [-0.2, 0) is 0 Å². The van der Waals surface area contributed by atoms with Gasteiger partial charge in [0.1, 0.15) is 0 Å². The summed E-state index contributed by atoms with van der Waals surface area (Å²) in [5.74, 6) is -1.65. The number of thiophene rings is 1. The van der Waals surface area contributed by atoms with Gasteiger partial charge in [0.05, 0.1) is 6.04 Å². The number of nitrogens with one attached hydrogen (secondary N) is 1. The van der Waals surface area contributed by atoms with Crippen molar-refractivity contribution >= 4 is 17.0 Å². The minimum absolute atomic E-state index is 0.0832. The fraction of sp³-hybridized carbons (Fsp3) is 0.231. The molecule has 0 saturated carbocycles. The van der Waals surface area contributed by atoms with Gasteiger partial charge in [-0.2, -0.15) is 0 Å². The smallest absolute Gasteiger partial charge is 0.160 e. The molecule has 0 spiro atoms. The Hall–Kier alpha value is -1.42. The maximum absolute atomic E-state index is 13.0. The van der Waals surface area contributed by atoms with E-state index in [1.54, 1.807) is 11.3 Å². The second-order valence-corrected chi connectivity index (χ2v) is 4.91. The van der Waals surface area contributed by atoms with E-state index in [0.29, 0.717) is 5.69 Å². The molecule has 0 aliphatic carbocycles. The van der Waals surface area contributed by atoms with Gasteiger partial charge in [0, 0.05) is 16.6 Å². The topological polar surface area (TPSA) is 12.0 Å². The molecule has 0 fully saturated rings. The molecule has 0 aliphatic rings. The molecule has 2 rings (SSSR count). The lowest BCUT2D eigenvalue weighted by Gasteiger charge is -2.15. The van der Waals surface area contributed by atoms with Gasteiger partial charge in [0.25, 0.3) is 0 Å². The third-order valence-corrected chi connectivity index (χ3v) is 3.80. The average molecular weight is 253 g/mol. The van der Waals surface area contributed by atoms with Gasteiger partial charge in [-0.3, -0.25) is 0 Å². The zero-order valence-electron chi connectivity index (χ0n) is 9.63. The van der Waals surface area contributed by atoms with Gasteiger partial charge in [0.15, 0.2) is 11.6 Å². The summed E-state index contributed by atoms with van der Waals surface area (Å²) in [7, 11) is 0. The highest BCUT2D eigenvalue weighted by molar-refractivity contribution is 7.10. The Morgan fingerprint density at radius 3 is 2.53 bits per heavy atom. The molecular formula is C13H13F2NS. The van der Waals surface area contributed by atoms with Crippen LogP contribution in [0.15, 0.2) is 29.6 Å². The van der Waals surface area contributed by atoms with Crippen molar-refractivity contribution < 1.29 is 8.78 Å². The summed E-state index contributed by atoms with van der Waals surface area (Å²) in [4.78, 5) is 1.20. The monoisotopic (exact) mass is 253 g/mol. The summed E-state index contributed by atoms with van der Waals surface area (Å²) in [6.45, 7) is 4.04. The van der Waals surface area contributed by atoms with Crippen LogP contribution in [0.25, 0.3) is 0 Å². The zero-order chi connectivity index (χ0) is 12.4. The minimum Gasteiger partial charge on any atom is -0.378 e. The summed E-state index contributed by atoms with van der Waals surface area (Å²) in [6.07, 6.45) is 0. The molecule has 0 amide bonds. The van der Waals surface area contributed by atoms with Gasteiger partial charge in [-0.15, -0.1) is 11.3 Å². The van der Waals surface area contributed by atoms with Crippen molar-refractivity contribution in [3.63, 3.8) is 0 Å². The second kappa shape index (κ2) is 4.84. The van der Waals surface area contributed by atoms with Crippen LogP contribution < -0.4 is 5.32 Å². The molecule has 0 aliphatic heterocycles. The van der Waals surface area contributed by atoms with Crippen molar-refractivity contribution in [1.29, 1.82) is 0 Å². The van der Waals surface area contributed by atoms with E-state index in [1.807, 2.05) is 25.3 Å². The first-order valence-corrected chi connectivity index (χ1v) is 6.21. The van der Waals surface area contributed by atoms with Crippen LogP contribution >= 0.6 is 11.3 Å². The second-order valence-electron chi connectivity index (χ2n) is 3.96. The van der Waals surface area contributed by atoms with Crippen molar-refractivity contribution in [2.75, 3.05) is 5.32 Å². The normalized spacial score (nSPS) is 12.5. The average Bonchev–Trinajstić information content (AvgIpc) is 2.70. The van der Waals surface area contributed by atoms with Crippen LogP contribution in [0, 0.1) is 18.6 Å². The molecule has 2 aromatic rings. The van der Waals surface area contributed by atoms with Crippen molar-refractivity contribution in [3.05, 3.63) is 51.7 Å². The number of hydrogen-bond acceptors (Lipinski definition) is 2. The fourth-order valence-corrected chi connectivity index (χ4v) is 2.67. The zero-order valence-corrected chi connectivity index (χ0v) is 10.4. The van der Waals surface area contributed by atoms with E-state index in [4.69, 9.17) is 0 Å². The Bertz CT molecular complexity index is 522. The van der Waals surface area contributed by atoms with Gasteiger partial charge >= 0.3 is 0 Å². The number of hydrogen-bond donors (Lipinski definition) is 1. The molecule has 1 atom stereocenters. The van der Waals surface area contributed by atoms with Crippen molar-refractivity contribution in [3.8, 4) is 0 Å². The van der Waals surface area contributed by atoms with E-state index in [2.05, 4.69) is 5.32 Å². The predicted octanol–water partition coefficient (Wildman–Crippen LogP) is 4.51. The summed E-state index contributed by atoms with van der Waals surface area (Å²) >= 11 is 1.65. The van der Waals surface area contributed by atoms with Gasteiger partial charge in [-0.05, 0) is 43.0 Å². The van der Waals surface area contributed by atoms with Gasteiger partial charge in [-0.25, -0.2) is 8.78 Å². The molecule has 4 heteroatoms. The van der Waals surface area contributed by atoms with Crippen LogP contribution in [0.4, 0.5) is 14.5 Å². The molecule has 1 N–H and O–H groups in total. The number of rotatable bonds is 3. The Balaban J connectivity index is 2.16. The molecule has 0 saturated heterocycles. The molecule has 17 heavy (non-hydrogen) atoms. The molecule has 1 aromatic heterocycles. The highest BCUT2D eigenvalue weighted by Gasteiger charge is 2.10. The third-order valence-electron chi connectivity index (χ3n) is 2.60. The summed E-state index contributed by atoms with van der Waals surface area (Å²) in [6, 6.07) is 5.97. The lowest BCUT2D eigenvalue weighted by Crippen LogP contribution is -2.06. The lowest BCUT2D eigenvalue weighted by atomic mass is 10.2. The van der Waals surface area contributed by atoms with E-state index in [-0.39, 0.29) is 6.04 Å². The van der Waals surface area contributed by atoms with Crippen molar-refractivity contribution in [2.45, 2.75) is 19.9 Å². The van der Waals surface area contributed by atoms with E-state index in [9.17, 15) is 8.78 Å². The Morgan fingerprint density at radius 2 is 1.94 bits per heavy atom. The number of benzene rings is 1. The Kier molecular flexibility index (Phi) is 3.43. The summed E-state index contributed by atoms with van der Waals surface area (Å²) in [5.41, 5.74) is 1.79. The maximum Gasteiger partial charge on any atom is 0.160 e. The highest BCUT2D eigenvalue weighted by atomic mass is 32.1. The maximum atomic E-state index is 13.0. The van der Waals surface area contributed by atoms with Crippen LogP contribution in [0.2, 0.25) is 0 Å². The van der Waals surface area contributed by atoms with E-state index < -0.39 is 11.6 Å². The molecular weight excluding hydrogens is 240 g/mol. The minimum atomic E-state index is -0.829. The Labute approximate surface area is 103 Å².